The predicted octanol–water partition coefficient (Wildman–Crippen LogP) is 0.376. The summed E-state index contributed by atoms with van der Waals surface area (Å²) in [6.45, 7) is 5.70. The lowest BCUT2D eigenvalue weighted by molar-refractivity contribution is -0.149. The van der Waals surface area contributed by atoms with E-state index in [0.29, 0.717) is 0 Å². The Kier molecular flexibility index (Phi) is 6.17. The molecule has 13 heavy (non-hydrogen) atoms. The Morgan fingerprint density at radius 2 is 1.38 bits per heavy atom. The van der Waals surface area contributed by atoms with Crippen molar-refractivity contribution in [2.75, 3.05) is 13.2 Å². The molecule has 0 aliphatic rings. The van der Waals surface area contributed by atoms with Crippen LogP contribution in [-0.2, 0) is 23.8 Å². The quantitative estimate of drug-likeness (QED) is 0.443. The molecule has 0 rings (SSSR count). The van der Waals surface area contributed by atoms with E-state index < -0.39 is 11.9 Å². The van der Waals surface area contributed by atoms with Gasteiger partial charge in [-0.2, -0.15) is 0 Å². The third-order valence-electron chi connectivity index (χ3n) is 0.869. The molecule has 0 saturated carbocycles. The third-order valence-corrected chi connectivity index (χ3v) is 0.869. The minimum absolute atomic E-state index is 0.321. The van der Waals surface area contributed by atoms with Crippen molar-refractivity contribution >= 4 is 11.9 Å². The SMILES string of the molecule is C=COC(=O)COCC(=O)OC=C. The fourth-order valence-corrected chi connectivity index (χ4v) is 0.472. The second-order valence-electron chi connectivity index (χ2n) is 1.81. The Hall–Kier alpha value is -1.62. The maximum Gasteiger partial charge on any atom is 0.336 e. The van der Waals surface area contributed by atoms with Gasteiger partial charge in [-0.05, 0) is 0 Å². The molecule has 0 spiro atoms. The molecule has 0 aromatic heterocycles. The van der Waals surface area contributed by atoms with Crippen LogP contribution in [0.4, 0.5) is 0 Å². The second kappa shape index (κ2) is 7.05. The molecule has 0 aliphatic heterocycles. The van der Waals surface area contributed by atoms with Crippen LogP contribution >= 0.6 is 0 Å². The van der Waals surface area contributed by atoms with E-state index in [1.54, 1.807) is 0 Å². The van der Waals surface area contributed by atoms with E-state index in [1.165, 1.54) is 0 Å². The van der Waals surface area contributed by atoms with Gasteiger partial charge < -0.3 is 14.2 Å². The third kappa shape index (κ3) is 6.77. The van der Waals surface area contributed by atoms with Crippen LogP contribution in [0.15, 0.2) is 25.7 Å². The van der Waals surface area contributed by atoms with Crippen LogP contribution in [0, 0.1) is 0 Å². The number of carbonyl (C=O) groups is 2. The highest BCUT2D eigenvalue weighted by Gasteiger charge is 2.04. The summed E-state index contributed by atoms with van der Waals surface area (Å²) in [6, 6.07) is 0. The Balaban J connectivity index is 3.43. The monoisotopic (exact) mass is 186 g/mol. The van der Waals surface area contributed by atoms with Crippen LogP contribution in [0.3, 0.4) is 0 Å². The highest BCUT2D eigenvalue weighted by atomic mass is 16.6. The number of esters is 2. The molecule has 0 saturated heterocycles. The van der Waals surface area contributed by atoms with Crippen molar-refractivity contribution < 1.29 is 23.8 Å². The molecule has 0 heterocycles. The van der Waals surface area contributed by atoms with E-state index in [0.717, 1.165) is 12.5 Å². The van der Waals surface area contributed by atoms with Gasteiger partial charge in [0.1, 0.15) is 13.2 Å². The van der Waals surface area contributed by atoms with Gasteiger partial charge in [-0.15, -0.1) is 0 Å². The first-order chi connectivity index (χ1) is 6.20. The van der Waals surface area contributed by atoms with Gasteiger partial charge in [0.2, 0.25) is 0 Å². The van der Waals surface area contributed by atoms with E-state index in [9.17, 15) is 9.59 Å². The molecule has 0 aromatic carbocycles. The first kappa shape index (κ1) is 11.4. The number of carbonyl (C=O) groups excluding carboxylic acids is 2. The Labute approximate surface area is 75.6 Å². The van der Waals surface area contributed by atoms with E-state index in [-0.39, 0.29) is 13.2 Å². The van der Waals surface area contributed by atoms with Gasteiger partial charge in [0, 0.05) is 0 Å². The molecule has 0 unspecified atom stereocenters. The molecule has 0 amide bonds. The fraction of sp³-hybridized carbons (Fsp3) is 0.250. The van der Waals surface area contributed by atoms with Crippen molar-refractivity contribution in [1.82, 2.24) is 0 Å². The van der Waals surface area contributed by atoms with Gasteiger partial charge >= 0.3 is 11.9 Å². The molecule has 0 aliphatic carbocycles. The molecule has 0 aromatic rings. The minimum Gasteiger partial charge on any atom is -0.433 e. The predicted molar refractivity (Wildman–Crippen MR) is 43.4 cm³/mol. The van der Waals surface area contributed by atoms with Crippen molar-refractivity contribution in [3.63, 3.8) is 0 Å². The molecule has 5 heteroatoms. The number of hydrogen-bond acceptors (Lipinski definition) is 5. The van der Waals surface area contributed by atoms with Crippen molar-refractivity contribution in [1.29, 1.82) is 0 Å². The summed E-state index contributed by atoms with van der Waals surface area (Å²) in [5, 5.41) is 0. The van der Waals surface area contributed by atoms with Gasteiger partial charge in [0.05, 0.1) is 12.5 Å². The largest absolute Gasteiger partial charge is 0.433 e. The molecule has 0 atom stereocenters. The van der Waals surface area contributed by atoms with E-state index in [1.807, 2.05) is 0 Å². The first-order valence-electron chi connectivity index (χ1n) is 3.39. The van der Waals surface area contributed by atoms with Crippen molar-refractivity contribution in [2.45, 2.75) is 0 Å². The van der Waals surface area contributed by atoms with Gasteiger partial charge in [-0.25, -0.2) is 9.59 Å². The summed E-state index contributed by atoms with van der Waals surface area (Å²) >= 11 is 0. The highest BCUT2D eigenvalue weighted by molar-refractivity contribution is 5.73. The first-order valence-corrected chi connectivity index (χ1v) is 3.39. The van der Waals surface area contributed by atoms with Crippen LogP contribution in [0.5, 0.6) is 0 Å². The van der Waals surface area contributed by atoms with Crippen LogP contribution in [0.1, 0.15) is 0 Å². The lowest BCUT2D eigenvalue weighted by atomic mass is 10.7. The van der Waals surface area contributed by atoms with Crippen molar-refractivity contribution in [3.8, 4) is 0 Å². The molecule has 0 bridgehead atoms. The van der Waals surface area contributed by atoms with Crippen LogP contribution in [0.2, 0.25) is 0 Å². The van der Waals surface area contributed by atoms with Crippen LogP contribution < -0.4 is 0 Å². The molecule has 5 nitrogen and oxygen atoms in total. The maximum atomic E-state index is 10.6. The molecular weight excluding hydrogens is 176 g/mol. The second-order valence-corrected chi connectivity index (χ2v) is 1.81. The Morgan fingerprint density at radius 1 is 1.00 bits per heavy atom. The van der Waals surface area contributed by atoms with Gasteiger partial charge in [-0.3, -0.25) is 0 Å². The fourth-order valence-electron chi connectivity index (χ4n) is 0.472. The molecule has 72 valence electrons. The normalized spacial score (nSPS) is 8.62. The van der Waals surface area contributed by atoms with Crippen molar-refractivity contribution in [3.05, 3.63) is 25.7 Å². The topological polar surface area (TPSA) is 61.8 Å². The summed E-state index contributed by atoms with van der Waals surface area (Å²) in [6.07, 6.45) is 1.96. The number of ether oxygens (including phenoxy) is 3. The molecule has 0 fully saturated rings. The lowest BCUT2D eigenvalue weighted by Crippen LogP contribution is -2.15. The molecule has 0 N–H and O–H groups in total. The van der Waals surface area contributed by atoms with E-state index in [2.05, 4.69) is 27.4 Å². The highest BCUT2D eigenvalue weighted by Crippen LogP contribution is 1.84. The standard InChI is InChI=1S/C8H10O5/c1-3-12-7(9)5-11-6-8(10)13-4-2/h3-4H,1-2,5-6H2. The number of hydrogen-bond donors (Lipinski definition) is 0. The summed E-state index contributed by atoms with van der Waals surface area (Å²) in [5.41, 5.74) is 0. The molecular formula is C8H10O5. The van der Waals surface area contributed by atoms with E-state index >= 15 is 0 Å². The summed E-state index contributed by atoms with van der Waals surface area (Å²) in [4.78, 5) is 21.2. The smallest absolute Gasteiger partial charge is 0.336 e. The number of rotatable bonds is 6. The van der Waals surface area contributed by atoms with E-state index in [4.69, 9.17) is 0 Å². The lowest BCUT2D eigenvalue weighted by Gasteiger charge is -2.00. The average Bonchev–Trinajstić information content (AvgIpc) is 2.05. The van der Waals surface area contributed by atoms with Crippen LogP contribution in [0.25, 0.3) is 0 Å². The van der Waals surface area contributed by atoms with Gasteiger partial charge in [-0.1, -0.05) is 13.2 Å². The Bertz CT molecular complexity index is 187. The average molecular weight is 186 g/mol. The van der Waals surface area contributed by atoms with Gasteiger partial charge in [0.25, 0.3) is 0 Å². The Morgan fingerprint density at radius 3 is 1.69 bits per heavy atom. The molecule has 0 radical (unpaired) electrons. The minimum atomic E-state index is -0.624. The van der Waals surface area contributed by atoms with Crippen molar-refractivity contribution in [2.24, 2.45) is 0 Å². The maximum absolute atomic E-state index is 10.6. The summed E-state index contributed by atoms with van der Waals surface area (Å²) in [5.74, 6) is -1.25. The van der Waals surface area contributed by atoms with Crippen LogP contribution in [-0.4, -0.2) is 25.2 Å². The zero-order valence-corrected chi connectivity index (χ0v) is 7.02. The summed E-state index contributed by atoms with van der Waals surface area (Å²) in [7, 11) is 0. The zero-order valence-electron chi connectivity index (χ0n) is 7.02. The van der Waals surface area contributed by atoms with Gasteiger partial charge in [0.15, 0.2) is 0 Å². The summed E-state index contributed by atoms with van der Waals surface area (Å²) < 4.78 is 13.2. The zero-order chi connectivity index (χ0) is 10.1.